The van der Waals surface area contributed by atoms with Gasteiger partial charge in [-0.25, -0.2) is 9.06 Å². The van der Waals surface area contributed by atoms with E-state index < -0.39 is 13.4 Å². The Morgan fingerprint density at radius 1 is 1.09 bits per heavy atom. The number of nitrogens with zero attached hydrogens (tertiary/aromatic N) is 1. The number of alkyl halides is 1. The number of likely N-dealkylation sites (N-methyl/N-ethyl adjacent to an activating group) is 1. The second-order valence-electron chi connectivity index (χ2n) is 5.56. The van der Waals surface area contributed by atoms with Crippen LogP contribution >= 0.6 is 7.52 Å². The van der Waals surface area contributed by atoms with Crippen LogP contribution in [0.5, 0.6) is 0 Å². The first-order chi connectivity index (χ1) is 10.5. The molecule has 2 aromatic rings. The van der Waals surface area contributed by atoms with E-state index in [1.54, 1.807) is 42.0 Å². The van der Waals surface area contributed by atoms with Crippen molar-refractivity contribution in [1.29, 1.82) is 0 Å². The van der Waals surface area contributed by atoms with E-state index in [-0.39, 0.29) is 12.1 Å². The number of hydrogen-bond acceptors (Lipinski definition) is 2. The lowest BCUT2D eigenvalue weighted by Crippen LogP contribution is -2.24. The molecule has 0 N–H and O–H groups in total. The second kappa shape index (κ2) is 5.96. The van der Waals surface area contributed by atoms with Crippen molar-refractivity contribution >= 4 is 7.52 Å². The Labute approximate surface area is 130 Å². The first-order valence-electron chi connectivity index (χ1n) is 7.29. The van der Waals surface area contributed by atoms with Gasteiger partial charge in [0.25, 0.3) is 0 Å². The first kappa shape index (κ1) is 15.4. The van der Waals surface area contributed by atoms with Gasteiger partial charge in [-0.15, -0.1) is 0 Å². The number of rotatable bonds is 3. The molecule has 0 radical (unpaired) electrons. The predicted molar refractivity (Wildman–Crippen MR) is 85.4 cm³/mol. The SMILES string of the molecule is C[C@H]1[C@@H](c2ccccc2)O[P@](=O)([C@@H](F)c2ccccc2)N1C. The van der Waals surface area contributed by atoms with Crippen LogP contribution in [0, 0.1) is 0 Å². The largest absolute Gasteiger partial charge is 0.311 e. The Hall–Kier alpha value is -1.48. The van der Waals surface area contributed by atoms with E-state index in [1.165, 1.54) is 0 Å². The molecule has 0 bridgehead atoms. The lowest BCUT2D eigenvalue weighted by Gasteiger charge is -2.23. The summed E-state index contributed by atoms with van der Waals surface area (Å²) in [5.74, 6) is -1.64. The van der Waals surface area contributed by atoms with Gasteiger partial charge in [0.2, 0.25) is 5.91 Å². The summed E-state index contributed by atoms with van der Waals surface area (Å²) in [7, 11) is -1.91. The molecule has 0 aromatic heterocycles. The molecule has 5 heteroatoms. The highest BCUT2D eigenvalue weighted by Gasteiger charge is 2.52. The van der Waals surface area contributed by atoms with E-state index in [1.807, 2.05) is 37.3 Å². The molecule has 116 valence electrons. The molecule has 3 rings (SSSR count). The van der Waals surface area contributed by atoms with Gasteiger partial charge in [0.15, 0.2) is 0 Å². The van der Waals surface area contributed by atoms with E-state index in [4.69, 9.17) is 4.52 Å². The van der Waals surface area contributed by atoms with Gasteiger partial charge in [0.05, 0.1) is 0 Å². The molecule has 0 aliphatic carbocycles. The molecule has 0 amide bonds. The summed E-state index contributed by atoms with van der Waals surface area (Å²) in [4.78, 5) is 0. The second-order valence-corrected chi connectivity index (χ2v) is 7.98. The first-order valence-corrected chi connectivity index (χ1v) is 8.94. The molecule has 3 nitrogen and oxygen atoms in total. The molecule has 1 aliphatic heterocycles. The topological polar surface area (TPSA) is 29.5 Å². The molecule has 0 spiro atoms. The van der Waals surface area contributed by atoms with E-state index in [2.05, 4.69) is 0 Å². The van der Waals surface area contributed by atoms with Crippen LogP contribution in [0.3, 0.4) is 0 Å². The molecule has 0 saturated carbocycles. The minimum Gasteiger partial charge on any atom is -0.305 e. The van der Waals surface area contributed by atoms with Crippen molar-refractivity contribution < 1.29 is 13.5 Å². The van der Waals surface area contributed by atoms with Crippen molar-refractivity contribution in [2.45, 2.75) is 25.0 Å². The number of hydrogen-bond donors (Lipinski definition) is 0. The molecule has 1 fully saturated rings. The zero-order valence-electron chi connectivity index (χ0n) is 12.6. The van der Waals surface area contributed by atoms with Gasteiger partial charge in [-0.1, -0.05) is 60.7 Å². The van der Waals surface area contributed by atoms with Crippen molar-refractivity contribution in [2.24, 2.45) is 0 Å². The third kappa shape index (κ3) is 2.52. The van der Waals surface area contributed by atoms with Gasteiger partial charge in [-0.3, -0.25) is 4.57 Å². The van der Waals surface area contributed by atoms with Crippen molar-refractivity contribution in [3.8, 4) is 0 Å². The highest BCUT2D eigenvalue weighted by molar-refractivity contribution is 7.56. The van der Waals surface area contributed by atoms with Gasteiger partial charge in [-0.05, 0) is 25.1 Å². The molecular formula is C17H19FNO2P. The summed E-state index contributed by atoms with van der Waals surface area (Å²) >= 11 is 0. The average molecular weight is 319 g/mol. The Kier molecular flexibility index (Phi) is 4.18. The van der Waals surface area contributed by atoms with Crippen molar-refractivity contribution in [1.82, 2.24) is 4.67 Å². The Balaban J connectivity index is 1.93. The normalized spacial score (nSPS) is 30.3. The van der Waals surface area contributed by atoms with Gasteiger partial charge < -0.3 is 4.52 Å². The van der Waals surface area contributed by atoms with Crippen LogP contribution in [-0.2, 0) is 9.09 Å². The van der Waals surface area contributed by atoms with Crippen LogP contribution in [0.1, 0.15) is 30.1 Å². The summed E-state index contributed by atoms with van der Waals surface area (Å²) in [5.41, 5.74) is 1.30. The Morgan fingerprint density at radius 2 is 1.64 bits per heavy atom. The van der Waals surface area contributed by atoms with Crippen molar-refractivity contribution in [3.63, 3.8) is 0 Å². The highest BCUT2D eigenvalue weighted by Crippen LogP contribution is 2.70. The van der Waals surface area contributed by atoms with Crippen molar-refractivity contribution in [3.05, 3.63) is 71.8 Å². The number of benzene rings is 2. The summed E-state index contributed by atoms with van der Waals surface area (Å²) in [6.07, 6.45) is -0.390. The standard InChI is InChI=1S/C17H19FNO2P/c1-13-16(14-9-5-3-6-10-14)21-22(20,19(13)2)17(18)15-11-7-4-8-12-15/h3-13,16-17H,1-2H3/t13-,16-,17+,22+/m0/s1. The fraction of sp³-hybridized carbons (Fsp3) is 0.294. The van der Waals surface area contributed by atoms with Crippen LogP contribution < -0.4 is 0 Å². The van der Waals surface area contributed by atoms with E-state index in [0.29, 0.717) is 5.56 Å². The average Bonchev–Trinajstić information content (AvgIpc) is 2.81. The fourth-order valence-corrected chi connectivity index (χ4v) is 5.15. The maximum absolute atomic E-state index is 14.9. The zero-order chi connectivity index (χ0) is 15.7. The summed E-state index contributed by atoms with van der Waals surface area (Å²) in [6.45, 7) is 1.91. The summed E-state index contributed by atoms with van der Waals surface area (Å²) < 4.78 is 35.4. The summed E-state index contributed by atoms with van der Waals surface area (Å²) in [5, 5.41) is 0. The quantitative estimate of drug-likeness (QED) is 0.751. The predicted octanol–water partition coefficient (Wildman–Crippen LogP) is 4.94. The smallest absolute Gasteiger partial charge is 0.305 e. The molecule has 4 atom stereocenters. The zero-order valence-corrected chi connectivity index (χ0v) is 13.5. The van der Waals surface area contributed by atoms with E-state index >= 15 is 0 Å². The highest BCUT2D eigenvalue weighted by atomic mass is 31.2. The third-order valence-electron chi connectivity index (χ3n) is 4.22. The van der Waals surface area contributed by atoms with Gasteiger partial charge in [0.1, 0.15) is 6.10 Å². The molecule has 0 unspecified atom stereocenters. The lowest BCUT2D eigenvalue weighted by molar-refractivity contribution is 0.203. The van der Waals surface area contributed by atoms with Gasteiger partial charge >= 0.3 is 7.52 Å². The van der Waals surface area contributed by atoms with Crippen LogP contribution in [-0.4, -0.2) is 17.8 Å². The fourth-order valence-electron chi connectivity index (χ4n) is 2.77. The molecule has 1 saturated heterocycles. The monoisotopic (exact) mass is 319 g/mol. The van der Waals surface area contributed by atoms with Crippen LogP contribution in [0.15, 0.2) is 60.7 Å². The minimum atomic E-state index is -3.59. The Morgan fingerprint density at radius 3 is 2.23 bits per heavy atom. The number of halogens is 1. The molecule has 2 aromatic carbocycles. The van der Waals surface area contributed by atoms with Crippen LogP contribution in [0.4, 0.5) is 4.39 Å². The van der Waals surface area contributed by atoms with Crippen LogP contribution in [0.2, 0.25) is 0 Å². The van der Waals surface area contributed by atoms with Crippen LogP contribution in [0.25, 0.3) is 0 Å². The molecule has 1 aliphatic rings. The molecule has 1 heterocycles. The Bertz CT molecular complexity index is 680. The maximum atomic E-state index is 14.9. The van der Waals surface area contributed by atoms with Gasteiger partial charge in [0, 0.05) is 6.04 Å². The maximum Gasteiger partial charge on any atom is 0.311 e. The summed E-state index contributed by atoms with van der Waals surface area (Å²) in [6, 6.07) is 18.0. The third-order valence-corrected chi connectivity index (χ3v) is 6.87. The van der Waals surface area contributed by atoms with Crippen molar-refractivity contribution in [2.75, 3.05) is 7.05 Å². The van der Waals surface area contributed by atoms with E-state index in [0.717, 1.165) is 5.56 Å². The lowest BCUT2D eigenvalue weighted by atomic mass is 10.0. The molecular weight excluding hydrogens is 300 g/mol. The van der Waals surface area contributed by atoms with Gasteiger partial charge in [-0.2, -0.15) is 0 Å². The minimum absolute atomic E-state index is 0.157. The molecule has 22 heavy (non-hydrogen) atoms. The van der Waals surface area contributed by atoms with E-state index in [9.17, 15) is 8.96 Å².